The molecule has 1 aromatic heterocycles. The average molecular weight is 431 g/mol. The minimum atomic E-state index is -0.629. The Bertz CT molecular complexity index is 1200. The summed E-state index contributed by atoms with van der Waals surface area (Å²) in [5, 5.41) is 16.5. The molecule has 0 aliphatic carbocycles. The number of nitriles is 1. The number of hydrogen-bond acceptors (Lipinski definition) is 5. The maximum atomic E-state index is 12.5. The number of carbonyl (C=O) groups excluding carboxylic acids is 1. The zero-order chi connectivity index (χ0) is 22.5. The van der Waals surface area contributed by atoms with Gasteiger partial charge >= 0.3 is 0 Å². The lowest BCUT2D eigenvalue weighted by atomic mass is 10.00. The smallest absolute Gasteiger partial charge is 0.251 e. The molecular formula is C25H26N4O3. The van der Waals surface area contributed by atoms with Crippen molar-refractivity contribution in [2.75, 3.05) is 19.7 Å². The van der Waals surface area contributed by atoms with Crippen molar-refractivity contribution in [2.24, 2.45) is 7.05 Å². The Kier molecular flexibility index (Phi) is 6.64. The molecular weight excluding hydrogens is 404 g/mol. The first-order valence-electron chi connectivity index (χ1n) is 10.8. The van der Waals surface area contributed by atoms with E-state index < -0.39 is 12.1 Å². The summed E-state index contributed by atoms with van der Waals surface area (Å²) in [6, 6.07) is 18.9. The standard InChI is InChI=1S/C25H26N4O3/c1-29-22-14-20(8-7-19(22)9-10-24(29)30)18-5-3-17(4-6-18)13-21(15-26)28-25(31)23-16-27-11-2-12-32-23/h3-10,14,21,23,27H,2,11-13,16H2,1H3,(H,28,31)/t21-,23?/m0/s1. The van der Waals surface area contributed by atoms with Crippen LogP contribution in [0.4, 0.5) is 0 Å². The van der Waals surface area contributed by atoms with E-state index in [0.29, 0.717) is 19.6 Å². The van der Waals surface area contributed by atoms with Crippen molar-refractivity contribution in [1.82, 2.24) is 15.2 Å². The third-order valence-corrected chi connectivity index (χ3v) is 5.77. The fraction of sp³-hybridized carbons (Fsp3) is 0.320. The van der Waals surface area contributed by atoms with E-state index in [1.807, 2.05) is 48.5 Å². The van der Waals surface area contributed by atoms with Crippen LogP contribution in [0, 0.1) is 11.3 Å². The van der Waals surface area contributed by atoms with Gasteiger partial charge < -0.3 is 19.9 Å². The highest BCUT2D eigenvalue weighted by Gasteiger charge is 2.23. The van der Waals surface area contributed by atoms with Crippen LogP contribution in [0.3, 0.4) is 0 Å². The second-order valence-corrected chi connectivity index (χ2v) is 8.01. The van der Waals surface area contributed by atoms with Crippen LogP contribution < -0.4 is 16.2 Å². The minimum Gasteiger partial charge on any atom is -0.367 e. The van der Waals surface area contributed by atoms with E-state index >= 15 is 0 Å². The maximum Gasteiger partial charge on any atom is 0.251 e. The van der Waals surface area contributed by atoms with Crippen LogP contribution >= 0.6 is 0 Å². The number of hydrogen-bond donors (Lipinski definition) is 2. The molecule has 32 heavy (non-hydrogen) atoms. The summed E-state index contributed by atoms with van der Waals surface area (Å²) in [7, 11) is 1.77. The first-order valence-corrected chi connectivity index (χ1v) is 10.8. The summed E-state index contributed by atoms with van der Waals surface area (Å²) in [6.45, 7) is 1.81. The molecule has 0 spiro atoms. The Morgan fingerprint density at radius 2 is 1.97 bits per heavy atom. The van der Waals surface area contributed by atoms with Crippen LogP contribution in [0.2, 0.25) is 0 Å². The van der Waals surface area contributed by atoms with Crippen LogP contribution in [0.1, 0.15) is 12.0 Å². The molecule has 4 rings (SSSR count). The number of nitrogens with one attached hydrogen (secondary N) is 2. The normalized spacial score (nSPS) is 17.3. The second kappa shape index (κ2) is 9.77. The molecule has 7 nitrogen and oxygen atoms in total. The van der Waals surface area contributed by atoms with Crippen molar-refractivity contribution < 1.29 is 9.53 Å². The number of fused-ring (bicyclic) bond motifs is 1. The Morgan fingerprint density at radius 3 is 2.75 bits per heavy atom. The number of pyridine rings is 1. The maximum absolute atomic E-state index is 12.5. The zero-order valence-corrected chi connectivity index (χ0v) is 18.0. The predicted molar refractivity (Wildman–Crippen MR) is 123 cm³/mol. The molecule has 1 aliphatic rings. The quantitative estimate of drug-likeness (QED) is 0.647. The predicted octanol–water partition coefficient (Wildman–Crippen LogP) is 2.13. The number of nitrogens with zero attached hydrogens (tertiary/aromatic N) is 2. The molecule has 3 aromatic rings. The Hall–Kier alpha value is -3.47. The summed E-state index contributed by atoms with van der Waals surface area (Å²) < 4.78 is 7.21. The summed E-state index contributed by atoms with van der Waals surface area (Å²) in [5.74, 6) is -0.260. The lowest BCUT2D eigenvalue weighted by Crippen LogP contribution is -2.46. The fourth-order valence-corrected chi connectivity index (χ4v) is 3.89. The van der Waals surface area contributed by atoms with Gasteiger partial charge in [0.1, 0.15) is 12.1 Å². The first kappa shape index (κ1) is 21.8. The summed E-state index contributed by atoms with van der Waals surface area (Å²) in [6.07, 6.45) is 0.708. The lowest BCUT2D eigenvalue weighted by Gasteiger charge is -2.18. The van der Waals surface area contributed by atoms with Crippen molar-refractivity contribution in [3.63, 3.8) is 0 Å². The topological polar surface area (TPSA) is 96.2 Å². The van der Waals surface area contributed by atoms with Gasteiger partial charge in [-0.15, -0.1) is 0 Å². The molecule has 0 saturated carbocycles. The molecule has 2 N–H and O–H groups in total. The van der Waals surface area contributed by atoms with Gasteiger partial charge in [0.25, 0.3) is 11.5 Å². The number of aryl methyl sites for hydroxylation is 1. The Morgan fingerprint density at radius 1 is 1.22 bits per heavy atom. The van der Waals surface area contributed by atoms with Crippen LogP contribution in [0.15, 0.2) is 59.4 Å². The molecule has 2 heterocycles. The first-order chi connectivity index (χ1) is 15.5. The van der Waals surface area contributed by atoms with Crippen LogP contribution in [-0.2, 0) is 23.0 Å². The molecule has 1 unspecified atom stereocenters. The SMILES string of the molecule is Cn1c(=O)ccc2ccc(-c3ccc(C[C@@H](C#N)NC(=O)C4CNCCCO4)cc3)cc21. The van der Waals surface area contributed by atoms with Gasteiger partial charge in [-0.2, -0.15) is 5.26 Å². The highest BCUT2D eigenvalue weighted by molar-refractivity contribution is 5.84. The van der Waals surface area contributed by atoms with Gasteiger partial charge in [0.05, 0.1) is 11.6 Å². The number of rotatable bonds is 5. The number of ether oxygens (including phenoxy) is 1. The highest BCUT2D eigenvalue weighted by Crippen LogP contribution is 2.24. The van der Waals surface area contributed by atoms with Crippen molar-refractivity contribution in [3.05, 3.63) is 70.5 Å². The van der Waals surface area contributed by atoms with Crippen molar-refractivity contribution >= 4 is 16.8 Å². The summed E-state index contributed by atoms with van der Waals surface area (Å²) in [5.41, 5.74) is 3.81. The number of aromatic nitrogens is 1. The van der Waals surface area contributed by atoms with Gasteiger partial charge in [-0.05, 0) is 47.2 Å². The molecule has 0 radical (unpaired) electrons. The molecule has 2 atom stereocenters. The van der Waals surface area contributed by atoms with Gasteiger partial charge in [-0.1, -0.05) is 36.4 Å². The summed E-state index contributed by atoms with van der Waals surface area (Å²) in [4.78, 5) is 24.4. The van der Waals surface area contributed by atoms with Crippen molar-refractivity contribution in [1.29, 1.82) is 5.26 Å². The minimum absolute atomic E-state index is 0.0420. The number of carbonyl (C=O) groups is 1. The average Bonchev–Trinajstić information content (AvgIpc) is 3.11. The van der Waals surface area contributed by atoms with E-state index in [0.717, 1.165) is 40.6 Å². The molecule has 2 aromatic carbocycles. The lowest BCUT2D eigenvalue weighted by molar-refractivity contribution is -0.132. The van der Waals surface area contributed by atoms with E-state index in [1.54, 1.807) is 17.7 Å². The number of amides is 1. The molecule has 1 fully saturated rings. The van der Waals surface area contributed by atoms with Gasteiger partial charge in [-0.25, -0.2) is 0 Å². The molecule has 0 bridgehead atoms. The van der Waals surface area contributed by atoms with Gasteiger partial charge in [-0.3, -0.25) is 9.59 Å². The third-order valence-electron chi connectivity index (χ3n) is 5.77. The Balaban J connectivity index is 1.45. The Labute approximate surface area is 186 Å². The van der Waals surface area contributed by atoms with Crippen LogP contribution in [0.25, 0.3) is 22.0 Å². The van der Waals surface area contributed by atoms with Gasteiger partial charge in [0.15, 0.2) is 0 Å². The zero-order valence-electron chi connectivity index (χ0n) is 18.0. The summed E-state index contributed by atoms with van der Waals surface area (Å²) >= 11 is 0. The van der Waals surface area contributed by atoms with E-state index in [4.69, 9.17) is 4.74 Å². The van der Waals surface area contributed by atoms with E-state index in [-0.39, 0.29) is 11.5 Å². The van der Waals surface area contributed by atoms with E-state index in [9.17, 15) is 14.9 Å². The van der Waals surface area contributed by atoms with Gasteiger partial charge in [0.2, 0.25) is 0 Å². The molecule has 1 saturated heterocycles. The second-order valence-electron chi connectivity index (χ2n) is 8.01. The molecule has 7 heteroatoms. The van der Waals surface area contributed by atoms with E-state index in [2.05, 4.69) is 16.7 Å². The van der Waals surface area contributed by atoms with E-state index in [1.165, 1.54) is 0 Å². The van der Waals surface area contributed by atoms with Crippen molar-refractivity contribution in [2.45, 2.75) is 25.0 Å². The molecule has 1 aliphatic heterocycles. The fourth-order valence-electron chi connectivity index (χ4n) is 3.89. The highest BCUT2D eigenvalue weighted by atomic mass is 16.5. The largest absolute Gasteiger partial charge is 0.367 e. The van der Waals surface area contributed by atoms with Crippen LogP contribution in [-0.4, -0.2) is 42.3 Å². The van der Waals surface area contributed by atoms with Crippen molar-refractivity contribution in [3.8, 4) is 17.2 Å². The monoisotopic (exact) mass is 430 g/mol. The molecule has 1 amide bonds. The third kappa shape index (κ3) is 4.88. The van der Waals surface area contributed by atoms with Gasteiger partial charge in [0, 0.05) is 32.7 Å². The van der Waals surface area contributed by atoms with Crippen LogP contribution in [0.5, 0.6) is 0 Å². The number of benzene rings is 2. The molecule has 164 valence electrons.